The highest BCUT2D eigenvalue weighted by atomic mass is 79.9. The van der Waals surface area contributed by atoms with Gasteiger partial charge >= 0.3 is 12.0 Å². The van der Waals surface area contributed by atoms with Crippen molar-refractivity contribution in [1.82, 2.24) is 10.9 Å². The van der Waals surface area contributed by atoms with Crippen LogP contribution in [-0.2, 0) is 9.59 Å². The molecule has 4 N–H and O–H groups in total. The molecule has 0 fully saturated rings. The summed E-state index contributed by atoms with van der Waals surface area (Å²) in [6.07, 6.45) is 0.809. The van der Waals surface area contributed by atoms with Crippen molar-refractivity contribution in [3.8, 4) is 0 Å². The van der Waals surface area contributed by atoms with Crippen LogP contribution in [0.3, 0.4) is 0 Å². The molecule has 1 unspecified atom stereocenters. The molecule has 0 radical (unpaired) electrons. The minimum atomic E-state index is -1.15. The molecule has 0 aliphatic heterocycles. The van der Waals surface area contributed by atoms with Crippen molar-refractivity contribution in [2.24, 2.45) is 5.41 Å². The average Bonchev–Trinajstić information content (AvgIpc) is 2.47. The topological polar surface area (TPSA) is 108 Å². The van der Waals surface area contributed by atoms with Crippen LogP contribution in [0.2, 0.25) is 0 Å². The molecule has 0 aromatic heterocycles. The molecular weight excluding hydrogens is 366 g/mol. The number of nitrogens with one attached hydrogen (secondary N) is 3. The minimum Gasteiger partial charge on any atom is -0.481 e. The molecule has 0 saturated carbocycles. The maximum atomic E-state index is 11.8. The quantitative estimate of drug-likeness (QED) is 0.564. The standard InChI is InChI=1S/C15H20BrN3O4/c1-3-8-15(2,13(21)22)9-12(20)18-19-14(23)17-11-6-4-10(16)5-7-11/h4-7H,3,8-9H2,1-2H3,(H,18,20)(H,21,22)(H2,17,19,23). The van der Waals surface area contributed by atoms with Crippen LogP contribution in [0.4, 0.5) is 10.5 Å². The summed E-state index contributed by atoms with van der Waals surface area (Å²) < 4.78 is 0.876. The summed E-state index contributed by atoms with van der Waals surface area (Å²) in [5.74, 6) is -1.59. The molecule has 0 spiro atoms. The first-order valence-corrected chi connectivity index (χ1v) is 7.91. The maximum absolute atomic E-state index is 11.8. The first kappa shape index (κ1) is 19.0. The number of anilines is 1. The first-order valence-electron chi connectivity index (χ1n) is 7.11. The van der Waals surface area contributed by atoms with Gasteiger partial charge in [0.05, 0.1) is 5.41 Å². The van der Waals surface area contributed by atoms with Crippen molar-refractivity contribution >= 4 is 39.5 Å². The predicted octanol–water partition coefficient (Wildman–Crippen LogP) is 2.88. The molecule has 0 aliphatic rings. The Morgan fingerprint density at radius 1 is 1.17 bits per heavy atom. The van der Waals surface area contributed by atoms with Crippen LogP contribution in [0.25, 0.3) is 0 Å². The predicted molar refractivity (Wildman–Crippen MR) is 89.7 cm³/mol. The van der Waals surface area contributed by atoms with Crippen LogP contribution in [0, 0.1) is 5.41 Å². The van der Waals surface area contributed by atoms with Crippen molar-refractivity contribution in [2.75, 3.05) is 5.32 Å². The van der Waals surface area contributed by atoms with E-state index in [9.17, 15) is 19.5 Å². The van der Waals surface area contributed by atoms with Crippen LogP contribution in [0.5, 0.6) is 0 Å². The van der Waals surface area contributed by atoms with E-state index in [2.05, 4.69) is 32.1 Å². The van der Waals surface area contributed by atoms with Crippen LogP contribution >= 0.6 is 15.9 Å². The van der Waals surface area contributed by atoms with Gasteiger partial charge in [0.25, 0.3) is 0 Å². The molecule has 0 bridgehead atoms. The van der Waals surface area contributed by atoms with Crippen LogP contribution in [0.15, 0.2) is 28.7 Å². The number of carbonyl (C=O) groups is 3. The van der Waals surface area contributed by atoms with Crippen molar-refractivity contribution in [3.63, 3.8) is 0 Å². The minimum absolute atomic E-state index is 0.214. The Kier molecular flexibility index (Phi) is 7.02. The Hall–Kier alpha value is -2.09. The number of carboxylic acids is 1. The third-order valence-corrected chi connectivity index (χ3v) is 3.82. The zero-order chi connectivity index (χ0) is 17.5. The van der Waals surface area contributed by atoms with E-state index in [4.69, 9.17) is 0 Å². The lowest BCUT2D eigenvalue weighted by Crippen LogP contribution is -2.46. The van der Waals surface area contributed by atoms with Gasteiger partial charge in [-0.25, -0.2) is 10.2 Å². The largest absolute Gasteiger partial charge is 0.481 e. The second-order valence-corrected chi connectivity index (χ2v) is 6.34. The summed E-state index contributed by atoms with van der Waals surface area (Å²) in [5, 5.41) is 11.8. The highest BCUT2D eigenvalue weighted by Gasteiger charge is 2.34. The van der Waals surface area contributed by atoms with Crippen molar-refractivity contribution in [1.29, 1.82) is 0 Å². The lowest BCUT2D eigenvalue weighted by molar-refractivity contribution is -0.151. The van der Waals surface area contributed by atoms with Gasteiger partial charge in [-0.1, -0.05) is 29.3 Å². The summed E-state index contributed by atoms with van der Waals surface area (Å²) in [6.45, 7) is 3.36. The van der Waals surface area contributed by atoms with Gasteiger partial charge in [-0.2, -0.15) is 0 Å². The van der Waals surface area contributed by atoms with Gasteiger partial charge in [0.2, 0.25) is 5.91 Å². The molecule has 3 amide bonds. The van der Waals surface area contributed by atoms with Gasteiger partial charge in [-0.15, -0.1) is 0 Å². The molecule has 0 heterocycles. The number of hydrogen-bond acceptors (Lipinski definition) is 3. The summed E-state index contributed by atoms with van der Waals surface area (Å²) in [5.41, 5.74) is 3.81. The number of aliphatic carboxylic acids is 1. The third-order valence-electron chi connectivity index (χ3n) is 3.29. The van der Waals surface area contributed by atoms with Gasteiger partial charge in [-0.05, 0) is 37.6 Å². The molecule has 0 saturated heterocycles. The van der Waals surface area contributed by atoms with E-state index in [0.29, 0.717) is 18.5 Å². The summed E-state index contributed by atoms with van der Waals surface area (Å²) in [7, 11) is 0. The van der Waals surface area contributed by atoms with E-state index < -0.39 is 23.3 Å². The van der Waals surface area contributed by atoms with E-state index in [1.54, 1.807) is 24.3 Å². The monoisotopic (exact) mass is 385 g/mol. The smallest absolute Gasteiger partial charge is 0.337 e. The number of carbonyl (C=O) groups excluding carboxylic acids is 2. The van der Waals surface area contributed by atoms with E-state index in [-0.39, 0.29) is 6.42 Å². The molecule has 1 aromatic carbocycles. The molecule has 1 atom stereocenters. The van der Waals surface area contributed by atoms with Gasteiger partial charge < -0.3 is 10.4 Å². The molecule has 126 valence electrons. The second-order valence-electron chi connectivity index (χ2n) is 5.43. The van der Waals surface area contributed by atoms with Crippen LogP contribution in [-0.4, -0.2) is 23.0 Å². The Morgan fingerprint density at radius 2 is 1.78 bits per heavy atom. The first-order chi connectivity index (χ1) is 10.8. The fraction of sp³-hybridized carbons (Fsp3) is 0.400. The number of benzene rings is 1. The normalized spacial score (nSPS) is 12.8. The Morgan fingerprint density at radius 3 is 2.30 bits per heavy atom. The number of amides is 3. The maximum Gasteiger partial charge on any atom is 0.337 e. The summed E-state index contributed by atoms with van der Waals surface area (Å²) >= 11 is 3.28. The Balaban J connectivity index is 2.47. The number of carboxylic acid groups (broad SMARTS) is 1. The third kappa shape index (κ3) is 6.27. The van der Waals surface area contributed by atoms with Gasteiger partial charge in [0.1, 0.15) is 0 Å². The Bertz CT molecular complexity index is 577. The highest BCUT2D eigenvalue weighted by Crippen LogP contribution is 2.27. The van der Waals surface area contributed by atoms with Gasteiger partial charge in [-0.3, -0.25) is 15.0 Å². The zero-order valence-corrected chi connectivity index (χ0v) is 14.6. The number of halogens is 1. The number of rotatable bonds is 6. The van der Waals surface area contributed by atoms with E-state index in [1.165, 1.54) is 6.92 Å². The van der Waals surface area contributed by atoms with Crippen molar-refractivity contribution in [3.05, 3.63) is 28.7 Å². The zero-order valence-electron chi connectivity index (χ0n) is 13.0. The van der Waals surface area contributed by atoms with E-state index in [1.807, 2.05) is 6.92 Å². The molecule has 8 heteroatoms. The Labute approximate surface area is 142 Å². The second kappa shape index (κ2) is 8.52. The lowest BCUT2D eigenvalue weighted by Gasteiger charge is -2.23. The lowest BCUT2D eigenvalue weighted by atomic mass is 9.82. The number of hydrazine groups is 1. The number of hydrogen-bond donors (Lipinski definition) is 4. The SMILES string of the molecule is CCCC(C)(CC(=O)NNC(=O)Nc1ccc(Br)cc1)C(=O)O. The van der Waals surface area contributed by atoms with Gasteiger partial charge in [0.15, 0.2) is 0 Å². The van der Waals surface area contributed by atoms with Crippen LogP contribution in [0.1, 0.15) is 33.1 Å². The highest BCUT2D eigenvalue weighted by molar-refractivity contribution is 9.10. The van der Waals surface area contributed by atoms with Crippen molar-refractivity contribution < 1.29 is 19.5 Å². The summed E-state index contributed by atoms with van der Waals surface area (Å²) in [6, 6.07) is 6.28. The fourth-order valence-electron chi connectivity index (χ4n) is 2.04. The summed E-state index contributed by atoms with van der Waals surface area (Å²) in [4.78, 5) is 34.7. The molecule has 1 aromatic rings. The average molecular weight is 386 g/mol. The van der Waals surface area contributed by atoms with Crippen LogP contribution < -0.4 is 16.2 Å². The molecular formula is C15H20BrN3O4. The number of urea groups is 1. The molecule has 1 rings (SSSR count). The molecule has 0 aliphatic carbocycles. The van der Waals surface area contributed by atoms with E-state index >= 15 is 0 Å². The fourth-order valence-corrected chi connectivity index (χ4v) is 2.31. The van der Waals surface area contributed by atoms with Crippen molar-refractivity contribution in [2.45, 2.75) is 33.1 Å². The van der Waals surface area contributed by atoms with E-state index in [0.717, 1.165) is 4.47 Å². The molecule has 7 nitrogen and oxygen atoms in total. The van der Waals surface area contributed by atoms with Gasteiger partial charge in [0, 0.05) is 16.6 Å². The molecule has 23 heavy (non-hydrogen) atoms.